The number of nitrogens with one attached hydrogen (secondary N) is 1. The molecule has 0 aliphatic rings. The molecule has 0 saturated carbocycles. The molecule has 8 heteroatoms. The molecule has 3 rings (SSSR count). The SMILES string of the molecule is Cn1cc(/C=N/NC(=O)c2ccc([N+](=O)[O-])o2)c2ccccc21. The van der Waals surface area contributed by atoms with Crippen molar-refractivity contribution >= 4 is 28.9 Å². The van der Waals surface area contributed by atoms with Crippen molar-refractivity contribution < 1.29 is 14.1 Å². The van der Waals surface area contributed by atoms with E-state index in [0.717, 1.165) is 22.5 Å². The number of furan rings is 1. The first-order chi connectivity index (χ1) is 11.1. The predicted molar refractivity (Wildman–Crippen MR) is 83.3 cm³/mol. The van der Waals surface area contributed by atoms with Crippen molar-refractivity contribution in [3.8, 4) is 0 Å². The van der Waals surface area contributed by atoms with E-state index in [1.807, 2.05) is 42.1 Å². The second kappa shape index (κ2) is 5.76. The smallest absolute Gasteiger partial charge is 0.395 e. The lowest BCUT2D eigenvalue weighted by Gasteiger charge is -1.94. The number of carbonyl (C=O) groups is 1. The van der Waals surface area contributed by atoms with Crippen LogP contribution in [0, 0.1) is 10.1 Å². The summed E-state index contributed by atoms with van der Waals surface area (Å²) in [6.45, 7) is 0. The van der Waals surface area contributed by atoms with Gasteiger partial charge in [0.05, 0.1) is 12.3 Å². The molecule has 3 aromatic rings. The number of aromatic nitrogens is 1. The molecule has 2 aromatic heterocycles. The van der Waals surface area contributed by atoms with Gasteiger partial charge in [0.25, 0.3) is 0 Å². The maximum Gasteiger partial charge on any atom is 0.433 e. The Morgan fingerprint density at radius 2 is 2.13 bits per heavy atom. The van der Waals surface area contributed by atoms with E-state index in [2.05, 4.69) is 10.5 Å². The number of hydrazone groups is 1. The van der Waals surface area contributed by atoms with E-state index >= 15 is 0 Å². The first kappa shape index (κ1) is 14.5. The molecule has 0 aliphatic carbocycles. The summed E-state index contributed by atoms with van der Waals surface area (Å²) < 4.78 is 6.75. The average Bonchev–Trinajstić information content (AvgIpc) is 3.14. The molecule has 0 bridgehead atoms. The zero-order valence-corrected chi connectivity index (χ0v) is 12.1. The van der Waals surface area contributed by atoms with E-state index < -0.39 is 16.7 Å². The summed E-state index contributed by atoms with van der Waals surface area (Å²) in [5.41, 5.74) is 4.16. The molecular weight excluding hydrogens is 300 g/mol. The summed E-state index contributed by atoms with van der Waals surface area (Å²) in [5.74, 6) is -1.32. The fourth-order valence-electron chi connectivity index (χ4n) is 2.24. The Hall–Kier alpha value is -3.42. The van der Waals surface area contributed by atoms with Crippen molar-refractivity contribution in [2.45, 2.75) is 0 Å². The molecule has 0 atom stereocenters. The second-order valence-corrected chi connectivity index (χ2v) is 4.81. The third kappa shape index (κ3) is 2.82. The van der Waals surface area contributed by atoms with Gasteiger partial charge in [-0.05, 0) is 12.1 Å². The van der Waals surface area contributed by atoms with Gasteiger partial charge in [-0.2, -0.15) is 5.10 Å². The molecule has 0 spiro atoms. The summed E-state index contributed by atoms with van der Waals surface area (Å²) in [5, 5.41) is 15.4. The molecule has 0 fully saturated rings. The Kier molecular flexibility index (Phi) is 3.63. The normalized spacial score (nSPS) is 11.2. The zero-order valence-electron chi connectivity index (χ0n) is 12.1. The molecule has 0 unspecified atom stereocenters. The van der Waals surface area contributed by atoms with Crippen LogP contribution in [0.25, 0.3) is 10.9 Å². The topological polar surface area (TPSA) is 103 Å². The number of fused-ring (bicyclic) bond motifs is 1. The van der Waals surface area contributed by atoms with Crippen LogP contribution in [0.1, 0.15) is 16.1 Å². The molecular formula is C15H12N4O4. The van der Waals surface area contributed by atoms with Crippen molar-refractivity contribution in [1.29, 1.82) is 0 Å². The number of hydrogen-bond acceptors (Lipinski definition) is 5. The lowest BCUT2D eigenvalue weighted by Crippen LogP contribution is -2.16. The van der Waals surface area contributed by atoms with Crippen LogP contribution in [0.5, 0.6) is 0 Å². The first-order valence-corrected chi connectivity index (χ1v) is 6.68. The lowest BCUT2D eigenvalue weighted by molar-refractivity contribution is -0.402. The van der Waals surface area contributed by atoms with Gasteiger partial charge in [-0.3, -0.25) is 14.9 Å². The van der Waals surface area contributed by atoms with Crippen LogP contribution in [-0.4, -0.2) is 21.6 Å². The van der Waals surface area contributed by atoms with Gasteiger partial charge >= 0.3 is 11.8 Å². The van der Waals surface area contributed by atoms with Crippen LogP contribution in [0.2, 0.25) is 0 Å². The summed E-state index contributed by atoms with van der Waals surface area (Å²) in [6, 6.07) is 10.1. The fourth-order valence-corrected chi connectivity index (χ4v) is 2.24. The standard InChI is InChI=1S/C15H12N4O4/c1-18-9-10(11-4-2-3-5-12(11)18)8-16-17-15(20)13-6-7-14(23-13)19(21)22/h2-9H,1H3,(H,17,20)/b16-8+. The summed E-state index contributed by atoms with van der Waals surface area (Å²) in [4.78, 5) is 21.6. The number of nitrogens with zero attached hydrogens (tertiary/aromatic N) is 3. The van der Waals surface area contributed by atoms with Crippen molar-refractivity contribution in [3.63, 3.8) is 0 Å². The Morgan fingerprint density at radius 3 is 2.87 bits per heavy atom. The zero-order chi connectivity index (χ0) is 16.4. The van der Waals surface area contributed by atoms with E-state index in [9.17, 15) is 14.9 Å². The third-order valence-corrected chi connectivity index (χ3v) is 3.29. The van der Waals surface area contributed by atoms with Crippen LogP contribution < -0.4 is 5.43 Å². The highest BCUT2D eigenvalue weighted by Gasteiger charge is 2.16. The van der Waals surface area contributed by atoms with Crippen LogP contribution in [0.3, 0.4) is 0 Å². The molecule has 1 aromatic carbocycles. The predicted octanol–water partition coefficient (Wildman–Crippen LogP) is 2.44. The van der Waals surface area contributed by atoms with Gasteiger partial charge in [-0.15, -0.1) is 0 Å². The highest BCUT2D eigenvalue weighted by Crippen LogP contribution is 2.18. The Labute approximate surface area is 130 Å². The monoisotopic (exact) mass is 312 g/mol. The third-order valence-electron chi connectivity index (χ3n) is 3.29. The van der Waals surface area contributed by atoms with Gasteiger partial charge in [-0.25, -0.2) is 5.43 Å². The number of nitro groups is 1. The summed E-state index contributed by atoms with van der Waals surface area (Å²) in [7, 11) is 1.92. The number of aryl methyl sites for hydroxylation is 1. The van der Waals surface area contributed by atoms with Gasteiger partial charge in [0.15, 0.2) is 0 Å². The van der Waals surface area contributed by atoms with Crippen molar-refractivity contribution in [2.75, 3.05) is 0 Å². The number of hydrogen-bond donors (Lipinski definition) is 1. The molecule has 116 valence electrons. The molecule has 8 nitrogen and oxygen atoms in total. The van der Waals surface area contributed by atoms with Gasteiger partial charge in [0, 0.05) is 29.7 Å². The van der Waals surface area contributed by atoms with Crippen molar-refractivity contribution in [2.24, 2.45) is 12.1 Å². The molecule has 1 N–H and O–H groups in total. The summed E-state index contributed by atoms with van der Waals surface area (Å²) >= 11 is 0. The van der Waals surface area contributed by atoms with E-state index in [-0.39, 0.29) is 5.76 Å². The van der Waals surface area contributed by atoms with E-state index in [1.165, 1.54) is 12.3 Å². The second-order valence-electron chi connectivity index (χ2n) is 4.81. The van der Waals surface area contributed by atoms with E-state index in [1.54, 1.807) is 0 Å². The minimum absolute atomic E-state index is 0.174. The molecule has 0 radical (unpaired) electrons. The fraction of sp³-hybridized carbons (Fsp3) is 0.0667. The molecule has 23 heavy (non-hydrogen) atoms. The quantitative estimate of drug-likeness (QED) is 0.454. The van der Waals surface area contributed by atoms with E-state index in [4.69, 9.17) is 4.42 Å². The highest BCUT2D eigenvalue weighted by atomic mass is 16.6. The van der Waals surface area contributed by atoms with Gasteiger partial charge < -0.3 is 8.98 Å². The number of benzene rings is 1. The minimum atomic E-state index is -0.712. The molecule has 2 heterocycles. The minimum Gasteiger partial charge on any atom is -0.395 e. The first-order valence-electron chi connectivity index (χ1n) is 6.68. The van der Waals surface area contributed by atoms with Crippen LogP contribution in [0.15, 0.2) is 52.1 Å². The number of para-hydroxylation sites is 1. The molecule has 0 saturated heterocycles. The van der Waals surface area contributed by atoms with E-state index in [0.29, 0.717) is 0 Å². The van der Waals surface area contributed by atoms with Crippen LogP contribution in [0.4, 0.5) is 5.88 Å². The Balaban J connectivity index is 1.75. The van der Waals surface area contributed by atoms with Gasteiger partial charge in [0.2, 0.25) is 5.76 Å². The largest absolute Gasteiger partial charge is 0.433 e. The summed E-state index contributed by atoms with van der Waals surface area (Å²) in [6.07, 6.45) is 3.40. The maximum absolute atomic E-state index is 11.8. The number of amides is 1. The highest BCUT2D eigenvalue weighted by molar-refractivity contribution is 6.00. The van der Waals surface area contributed by atoms with Crippen molar-refractivity contribution in [3.05, 3.63) is 64.0 Å². The van der Waals surface area contributed by atoms with Gasteiger partial charge in [-0.1, -0.05) is 18.2 Å². The maximum atomic E-state index is 11.8. The average molecular weight is 312 g/mol. The van der Waals surface area contributed by atoms with Crippen LogP contribution >= 0.6 is 0 Å². The molecule has 1 amide bonds. The number of carbonyl (C=O) groups excluding carboxylic acids is 1. The Morgan fingerprint density at radius 1 is 1.35 bits per heavy atom. The van der Waals surface area contributed by atoms with Gasteiger partial charge in [0.1, 0.15) is 4.92 Å². The number of rotatable bonds is 4. The molecule has 0 aliphatic heterocycles. The lowest BCUT2D eigenvalue weighted by atomic mass is 10.2. The van der Waals surface area contributed by atoms with Crippen molar-refractivity contribution in [1.82, 2.24) is 9.99 Å². The Bertz CT molecular complexity index is 923. The van der Waals surface area contributed by atoms with Crippen LogP contribution in [-0.2, 0) is 7.05 Å².